The van der Waals surface area contributed by atoms with Crippen LogP contribution in [0, 0.1) is 0 Å². The first kappa shape index (κ1) is 13.0. The largest absolute Gasteiger partial charge is 0.477 e. The van der Waals surface area contributed by atoms with Crippen molar-refractivity contribution in [2.24, 2.45) is 0 Å². The van der Waals surface area contributed by atoms with Crippen LogP contribution in [0.5, 0.6) is 0 Å². The van der Waals surface area contributed by atoms with E-state index in [1.807, 2.05) is 0 Å². The van der Waals surface area contributed by atoms with Gasteiger partial charge in [0.25, 0.3) is 0 Å². The summed E-state index contributed by atoms with van der Waals surface area (Å²) in [5.74, 6) is -1.50. The molecule has 0 spiro atoms. The molecule has 5 nitrogen and oxygen atoms in total. The van der Waals surface area contributed by atoms with Crippen LogP contribution in [0.1, 0.15) is 36.8 Å². The monoisotopic (exact) mass is 237 g/mol. The van der Waals surface area contributed by atoms with E-state index >= 15 is 0 Å². The van der Waals surface area contributed by atoms with Crippen LogP contribution in [0.2, 0.25) is 0 Å². The summed E-state index contributed by atoms with van der Waals surface area (Å²) in [7, 11) is 0. The van der Waals surface area contributed by atoms with Gasteiger partial charge in [-0.25, -0.2) is 9.59 Å². The number of esters is 1. The molecular weight excluding hydrogens is 222 g/mol. The number of carboxylic acids is 1. The van der Waals surface area contributed by atoms with E-state index in [1.54, 1.807) is 20.8 Å². The summed E-state index contributed by atoms with van der Waals surface area (Å²) in [5, 5.41) is 8.68. The molecule has 0 aromatic carbocycles. The van der Waals surface area contributed by atoms with E-state index in [0.29, 0.717) is 5.56 Å². The average molecular weight is 237 g/mol. The molecule has 0 aliphatic carbocycles. The predicted molar refractivity (Wildman–Crippen MR) is 62.6 cm³/mol. The van der Waals surface area contributed by atoms with Gasteiger partial charge < -0.3 is 14.8 Å². The summed E-state index contributed by atoms with van der Waals surface area (Å²) >= 11 is 0. The molecule has 0 aliphatic rings. The Morgan fingerprint density at radius 3 is 2.53 bits per heavy atom. The number of rotatable bonds is 3. The number of aromatic nitrogens is 1. The summed E-state index contributed by atoms with van der Waals surface area (Å²) in [4.78, 5) is 24.5. The molecule has 1 rings (SSSR count). The topological polar surface area (TPSA) is 79.4 Å². The quantitative estimate of drug-likeness (QED) is 0.623. The Morgan fingerprint density at radius 1 is 1.41 bits per heavy atom. The number of nitrogens with one attached hydrogen (secondary N) is 1. The maximum atomic E-state index is 11.3. The summed E-state index contributed by atoms with van der Waals surface area (Å²) in [6.45, 7) is 5.33. The van der Waals surface area contributed by atoms with E-state index in [1.165, 1.54) is 24.4 Å². The van der Waals surface area contributed by atoms with E-state index in [2.05, 4.69) is 4.98 Å². The number of aromatic carboxylic acids is 1. The summed E-state index contributed by atoms with van der Waals surface area (Å²) in [5.41, 5.74) is 0.147. The molecule has 0 radical (unpaired) electrons. The lowest BCUT2D eigenvalue weighted by Gasteiger charge is -2.17. The first-order valence-electron chi connectivity index (χ1n) is 5.11. The van der Waals surface area contributed by atoms with Gasteiger partial charge in [-0.05, 0) is 38.5 Å². The number of ether oxygens (including phenoxy) is 1. The van der Waals surface area contributed by atoms with Crippen LogP contribution >= 0.6 is 0 Å². The number of aromatic amines is 1. The van der Waals surface area contributed by atoms with Crippen molar-refractivity contribution in [2.45, 2.75) is 26.4 Å². The van der Waals surface area contributed by atoms with Crippen molar-refractivity contribution in [1.82, 2.24) is 4.98 Å². The molecule has 1 aromatic rings. The second-order valence-electron chi connectivity index (χ2n) is 4.52. The first-order valence-corrected chi connectivity index (χ1v) is 5.11. The average Bonchev–Trinajstić information content (AvgIpc) is 2.60. The molecule has 0 bridgehead atoms. The normalized spacial score (nSPS) is 11.7. The van der Waals surface area contributed by atoms with E-state index < -0.39 is 17.5 Å². The number of carbonyl (C=O) groups is 2. The van der Waals surface area contributed by atoms with Gasteiger partial charge in [-0.1, -0.05) is 0 Å². The van der Waals surface area contributed by atoms with Crippen molar-refractivity contribution < 1.29 is 19.4 Å². The Hall–Kier alpha value is -2.04. The lowest BCUT2D eigenvalue weighted by atomic mass is 10.2. The zero-order chi connectivity index (χ0) is 13.1. The lowest BCUT2D eigenvalue weighted by molar-refractivity contribution is -0.148. The molecule has 0 aliphatic heterocycles. The minimum Gasteiger partial charge on any atom is -0.477 e. The minimum absolute atomic E-state index is 0.0776. The van der Waals surface area contributed by atoms with Gasteiger partial charge in [-0.3, -0.25) is 0 Å². The number of H-pyrrole nitrogens is 1. The van der Waals surface area contributed by atoms with Crippen molar-refractivity contribution in [3.63, 3.8) is 0 Å². The molecule has 1 aromatic heterocycles. The van der Waals surface area contributed by atoms with Crippen molar-refractivity contribution in [1.29, 1.82) is 0 Å². The molecule has 17 heavy (non-hydrogen) atoms. The minimum atomic E-state index is -1.04. The smallest absolute Gasteiger partial charge is 0.352 e. The Balaban J connectivity index is 2.64. The van der Waals surface area contributed by atoms with Gasteiger partial charge >= 0.3 is 11.9 Å². The highest BCUT2D eigenvalue weighted by molar-refractivity contribution is 5.89. The molecular formula is C12H15NO4. The van der Waals surface area contributed by atoms with Crippen LogP contribution in [0.3, 0.4) is 0 Å². The van der Waals surface area contributed by atoms with Gasteiger partial charge in [-0.2, -0.15) is 0 Å². The summed E-state index contributed by atoms with van der Waals surface area (Å²) in [6.07, 6.45) is 4.27. The van der Waals surface area contributed by atoms with Gasteiger partial charge in [-0.15, -0.1) is 0 Å². The van der Waals surface area contributed by atoms with Crippen LogP contribution in [0.25, 0.3) is 6.08 Å². The molecule has 2 N–H and O–H groups in total. The van der Waals surface area contributed by atoms with Crippen LogP contribution in [0.4, 0.5) is 0 Å². The Kier molecular flexibility index (Phi) is 3.73. The molecule has 0 atom stereocenters. The van der Waals surface area contributed by atoms with Crippen LogP contribution in [-0.4, -0.2) is 27.6 Å². The van der Waals surface area contributed by atoms with Gasteiger partial charge in [0.15, 0.2) is 0 Å². The second-order valence-corrected chi connectivity index (χ2v) is 4.52. The summed E-state index contributed by atoms with van der Waals surface area (Å²) < 4.78 is 5.06. The van der Waals surface area contributed by atoms with Crippen LogP contribution < -0.4 is 0 Å². The molecule has 92 valence electrons. The van der Waals surface area contributed by atoms with Gasteiger partial charge in [0, 0.05) is 12.3 Å². The molecule has 0 saturated carbocycles. The number of hydrogen-bond acceptors (Lipinski definition) is 3. The molecule has 0 fully saturated rings. The number of carboxylic acid groups (broad SMARTS) is 1. The molecule has 0 saturated heterocycles. The third-order valence-electron chi connectivity index (χ3n) is 1.75. The third kappa shape index (κ3) is 4.55. The van der Waals surface area contributed by atoms with Crippen LogP contribution in [-0.2, 0) is 9.53 Å². The Labute approximate surface area is 99.1 Å². The maximum Gasteiger partial charge on any atom is 0.352 e. The highest BCUT2D eigenvalue weighted by Gasteiger charge is 2.13. The second kappa shape index (κ2) is 4.86. The Morgan fingerprint density at radius 2 is 2.06 bits per heavy atom. The molecule has 5 heteroatoms. The first-order chi connectivity index (χ1) is 7.78. The predicted octanol–water partition coefficient (Wildman–Crippen LogP) is 2.07. The van der Waals surface area contributed by atoms with Gasteiger partial charge in [0.2, 0.25) is 0 Å². The molecule has 0 amide bonds. The molecule has 1 heterocycles. The number of carbonyl (C=O) groups excluding carboxylic acids is 1. The fourth-order valence-electron chi connectivity index (χ4n) is 1.13. The zero-order valence-electron chi connectivity index (χ0n) is 9.98. The van der Waals surface area contributed by atoms with Gasteiger partial charge in [0.1, 0.15) is 11.3 Å². The highest BCUT2D eigenvalue weighted by Crippen LogP contribution is 2.09. The van der Waals surface area contributed by atoms with Crippen molar-refractivity contribution >= 4 is 18.0 Å². The third-order valence-corrected chi connectivity index (χ3v) is 1.75. The Bertz CT molecular complexity index is 451. The SMILES string of the molecule is CC(C)(C)OC(=O)C=Cc1c[nH]c(C(=O)O)c1. The highest BCUT2D eigenvalue weighted by atomic mass is 16.6. The fraction of sp³-hybridized carbons (Fsp3) is 0.333. The van der Waals surface area contributed by atoms with E-state index in [9.17, 15) is 9.59 Å². The van der Waals surface area contributed by atoms with Crippen LogP contribution in [0.15, 0.2) is 18.3 Å². The van der Waals surface area contributed by atoms with Crippen molar-refractivity contribution in [3.05, 3.63) is 29.6 Å². The van der Waals surface area contributed by atoms with Gasteiger partial charge in [0.05, 0.1) is 0 Å². The van der Waals surface area contributed by atoms with E-state index in [-0.39, 0.29) is 5.69 Å². The maximum absolute atomic E-state index is 11.3. The zero-order valence-corrected chi connectivity index (χ0v) is 9.98. The van der Waals surface area contributed by atoms with E-state index in [0.717, 1.165) is 0 Å². The number of hydrogen-bond donors (Lipinski definition) is 2. The van der Waals surface area contributed by atoms with E-state index in [4.69, 9.17) is 9.84 Å². The van der Waals surface area contributed by atoms with Crippen molar-refractivity contribution in [3.8, 4) is 0 Å². The fourth-order valence-corrected chi connectivity index (χ4v) is 1.13. The molecule has 0 unspecified atom stereocenters. The summed E-state index contributed by atoms with van der Waals surface area (Å²) in [6, 6.07) is 1.43. The van der Waals surface area contributed by atoms with Crippen molar-refractivity contribution in [2.75, 3.05) is 0 Å². The lowest BCUT2D eigenvalue weighted by Crippen LogP contribution is -2.22. The standard InChI is InChI=1S/C12H15NO4/c1-12(2,3)17-10(14)5-4-8-6-9(11(15)16)13-7-8/h4-7,13H,1-3H3,(H,15,16).